The van der Waals surface area contributed by atoms with Crippen molar-refractivity contribution >= 4 is 16.1 Å². The van der Waals surface area contributed by atoms with Crippen LogP contribution >= 0.6 is 0 Å². The molecule has 68 valence electrons. The van der Waals surface area contributed by atoms with Crippen LogP contribution in [0.1, 0.15) is 19.8 Å². The van der Waals surface area contributed by atoms with Crippen LogP contribution in [0.4, 0.5) is 0 Å². The molecule has 0 N–H and O–H groups in total. The van der Waals surface area contributed by atoms with Crippen molar-refractivity contribution in [1.82, 2.24) is 0 Å². The number of hydrogen-bond donors (Lipinski definition) is 0. The highest BCUT2D eigenvalue weighted by molar-refractivity contribution is 7.90. The Morgan fingerprint density at radius 2 is 2.17 bits per heavy atom. The van der Waals surface area contributed by atoms with Crippen molar-refractivity contribution in [3.05, 3.63) is 12.2 Å². The highest BCUT2D eigenvalue weighted by Gasteiger charge is 2.06. The zero-order valence-electron chi connectivity index (χ0n) is 6.91. The van der Waals surface area contributed by atoms with Gasteiger partial charge in [0.2, 0.25) is 0 Å². The number of sulfonamides is 1. The van der Waals surface area contributed by atoms with Gasteiger partial charge >= 0.3 is 0 Å². The van der Waals surface area contributed by atoms with Crippen LogP contribution in [-0.4, -0.2) is 20.3 Å². The number of isocyanates is 1. The van der Waals surface area contributed by atoms with E-state index in [0.29, 0.717) is 12.8 Å². The fraction of sp³-hybridized carbons (Fsp3) is 0.571. The molecule has 0 aromatic carbocycles. The lowest BCUT2D eigenvalue weighted by molar-refractivity contribution is 0.563. The molecule has 0 bridgehead atoms. The zero-order chi connectivity index (χ0) is 9.61. The lowest BCUT2D eigenvalue weighted by atomic mass is 10.2. The fourth-order valence-corrected chi connectivity index (χ4v) is 1.37. The van der Waals surface area contributed by atoms with E-state index >= 15 is 0 Å². The second-order valence-electron chi connectivity index (χ2n) is 2.53. The minimum atomic E-state index is -3.57. The largest absolute Gasteiger partial charge is 0.263 e. The third-order valence-electron chi connectivity index (χ3n) is 1.18. The Morgan fingerprint density at radius 1 is 1.58 bits per heavy atom. The van der Waals surface area contributed by atoms with Crippen LogP contribution in [0.25, 0.3) is 0 Å². The van der Waals surface area contributed by atoms with E-state index in [9.17, 15) is 13.2 Å². The Bertz CT molecular complexity index is 299. The monoisotopic (exact) mass is 189 g/mol. The first-order chi connectivity index (χ1) is 5.48. The summed E-state index contributed by atoms with van der Waals surface area (Å²) in [4.78, 5) is 9.63. The molecule has 0 aromatic heterocycles. The molecule has 0 amide bonds. The van der Waals surface area contributed by atoms with E-state index in [0.717, 1.165) is 11.7 Å². The summed E-state index contributed by atoms with van der Waals surface area (Å²) in [6, 6.07) is 0. The maximum absolute atomic E-state index is 10.8. The first-order valence-corrected chi connectivity index (χ1v) is 5.05. The van der Waals surface area contributed by atoms with Gasteiger partial charge in [0.1, 0.15) is 0 Å². The first kappa shape index (κ1) is 11.1. The second-order valence-corrected chi connectivity index (χ2v) is 4.28. The predicted octanol–water partition coefficient (Wildman–Crippen LogP) is 1.01. The topological polar surface area (TPSA) is 63.6 Å². The standard InChI is InChI=1S/C7H11NO3S/c1-7(2)4-3-5-12(10,11)8-6-9/h1,3-5H2,2H3. The molecule has 0 spiro atoms. The van der Waals surface area contributed by atoms with Crippen LogP contribution in [0, 0.1) is 0 Å². The molecule has 0 fully saturated rings. The van der Waals surface area contributed by atoms with Crippen LogP contribution in [-0.2, 0) is 14.8 Å². The molecule has 0 aliphatic carbocycles. The van der Waals surface area contributed by atoms with E-state index in [1.165, 1.54) is 0 Å². The van der Waals surface area contributed by atoms with Crippen molar-refractivity contribution in [3.8, 4) is 0 Å². The van der Waals surface area contributed by atoms with E-state index in [4.69, 9.17) is 0 Å². The smallest absolute Gasteiger partial charge is 0.210 e. The van der Waals surface area contributed by atoms with Gasteiger partial charge in [-0.2, -0.15) is 0 Å². The number of carbonyl (C=O) groups excluding carboxylic acids is 1. The molecule has 0 radical (unpaired) electrons. The average molecular weight is 189 g/mol. The van der Waals surface area contributed by atoms with Crippen LogP contribution in [0.3, 0.4) is 0 Å². The summed E-state index contributed by atoms with van der Waals surface area (Å²) in [7, 11) is -3.57. The summed E-state index contributed by atoms with van der Waals surface area (Å²) in [5, 5.41) is 0. The summed E-state index contributed by atoms with van der Waals surface area (Å²) >= 11 is 0. The number of rotatable bonds is 5. The van der Waals surface area contributed by atoms with Crippen LogP contribution in [0.5, 0.6) is 0 Å². The third-order valence-corrected chi connectivity index (χ3v) is 2.34. The number of nitrogens with zero attached hydrogens (tertiary/aromatic N) is 1. The maximum Gasteiger partial charge on any atom is 0.263 e. The highest BCUT2D eigenvalue weighted by Crippen LogP contribution is 2.03. The summed E-state index contributed by atoms with van der Waals surface area (Å²) in [5.74, 6) is -0.116. The molecule has 4 nitrogen and oxygen atoms in total. The second kappa shape index (κ2) is 4.85. The molecular weight excluding hydrogens is 178 g/mol. The van der Waals surface area contributed by atoms with Crippen molar-refractivity contribution in [2.24, 2.45) is 4.40 Å². The van der Waals surface area contributed by atoms with Crippen molar-refractivity contribution in [2.75, 3.05) is 5.75 Å². The fourth-order valence-electron chi connectivity index (χ4n) is 0.659. The first-order valence-electron chi connectivity index (χ1n) is 3.44. The van der Waals surface area contributed by atoms with E-state index in [2.05, 4.69) is 11.0 Å². The Morgan fingerprint density at radius 3 is 2.58 bits per heavy atom. The maximum atomic E-state index is 10.8. The van der Waals surface area contributed by atoms with E-state index in [1.807, 2.05) is 6.92 Å². The number of allylic oxidation sites excluding steroid dienone is 1. The number of hydrogen-bond acceptors (Lipinski definition) is 3. The molecule has 0 saturated heterocycles. The van der Waals surface area contributed by atoms with Gasteiger partial charge in [-0.3, -0.25) is 0 Å². The van der Waals surface area contributed by atoms with E-state index < -0.39 is 10.0 Å². The van der Waals surface area contributed by atoms with Crippen LogP contribution in [0.15, 0.2) is 16.5 Å². The quantitative estimate of drug-likeness (QED) is 0.368. The van der Waals surface area contributed by atoms with E-state index in [-0.39, 0.29) is 5.75 Å². The van der Waals surface area contributed by atoms with Crippen molar-refractivity contribution in [2.45, 2.75) is 19.8 Å². The zero-order valence-corrected chi connectivity index (χ0v) is 7.73. The SMILES string of the molecule is C=C(C)CCCS(=O)(=O)N=C=O. The van der Waals surface area contributed by atoms with Gasteiger partial charge < -0.3 is 0 Å². The molecule has 0 heterocycles. The lowest BCUT2D eigenvalue weighted by Crippen LogP contribution is -2.01. The van der Waals surface area contributed by atoms with Crippen molar-refractivity contribution < 1.29 is 13.2 Å². The normalized spacial score (nSPS) is 10.4. The van der Waals surface area contributed by atoms with Gasteiger partial charge in [0.25, 0.3) is 16.1 Å². The molecule has 0 aliphatic heterocycles. The van der Waals surface area contributed by atoms with Gasteiger partial charge in [-0.1, -0.05) is 9.97 Å². The van der Waals surface area contributed by atoms with Gasteiger partial charge in [0.15, 0.2) is 0 Å². The summed E-state index contributed by atoms with van der Waals surface area (Å²) in [6.45, 7) is 5.43. The van der Waals surface area contributed by atoms with Crippen molar-refractivity contribution in [3.63, 3.8) is 0 Å². The molecule has 0 atom stereocenters. The molecule has 0 rings (SSSR count). The highest BCUT2D eigenvalue weighted by atomic mass is 32.2. The Labute approximate surface area is 72.1 Å². The average Bonchev–Trinajstić information content (AvgIpc) is 1.85. The van der Waals surface area contributed by atoms with E-state index in [1.54, 1.807) is 0 Å². The summed E-state index contributed by atoms with van der Waals surface area (Å²) < 4.78 is 24.2. The van der Waals surface area contributed by atoms with Crippen molar-refractivity contribution in [1.29, 1.82) is 0 Å². The molecule has 5 heteroatoms. The van der Waals surface area contributed by atoms with Crippen LogP contribution in [0.2, 0.25) is 0 Å². The minimum Gasteiger partial charge on any atom is -0.210 e. The molecule has 0 aromatic rings. The summed E-state index contributed by atoms with van der Waals surface area (Å²) in [5.41, 5.74) is 0.917. The third kappa shape index (κ3) is 5.82. The Hall–Kier alpha value is -0.930. The van der Waals surface area contributed by atoms with Gasteiger partial charge in [-0.05, 0) is 19.8 Å². The predicted molar refractivity (Wildman–Crippen MR) is 46.0 cm³/mol. The van der Waals surface area contributed by atoms with Gasteiger partial charge in [0.05, 0.1) is 5.75 Å². The molecule has 0 saturated carbocycles. The van der Waals surface area contributed by atoms with Gasteiger partial charge in [-0.25, -0.2) is 13.2 Å². The molecule has 0 aliphatic rings. The molecule has 12 heavy (non-hydrogen) atoms. The van der Waals surface area contributed by atoms with Crippen LogP contribution < -0.4 is 0 Å². The summed E-state index contributed by atoms with van der Waals surface area (Å²) in [6.07, 6.45) is 2.09. The molecule has 0 unspecified atom stereocenters. The minimum absolute atomic E-state index is 0.116. The Balaban J connectivity index is 3.94. The van der Waals surface area contributed by atoms with Gasteiger partial charge in [0, 0.05) is 0 Å². The lowest BCUT2D eigenvalue weighted by Gasteiger charge is -1.96. The molecular formula is C7H11NO3S. The van der Waals surface area contributed by atoms with Gasteiger partial charge in [-0.15, -0.1) is 6.58 Å². The Kier molecular flexibility index (Phi) is 4.47.